The molecule has 0 spiro atoms. The van der Waals surface area contributed by atoms with Gasteiger partial charge in [0.15, 0.2) is 12.1 Å². The molecule has 16 atom stereocenters. The van der Waals surface area contributed by atoms with Crippen molar-refractivity contribution >= 4 is 5.78 Å². The van der Waals surface area contributed by atoms with Crippen LogP contribution in [-0.2, 0) is 23.7 Å². The Labute approximate surface area is 257 Å². The Balaban J connectivity index is 1.15. The van der Waals surface area contributed by atoms with Gasteiger partial charge in [-0.25, -0.2) is 0 Å². The van der Waals surface area contributed by atoms with Crippen LogP contribution in [0.2, 0.25) is 0 Å². The molecule has 0 aromatic heterocycles. The third kappa shape index (κ3) is 5.35. The monoisotopic (exact) mass is 608 g/mol. The second-order valence-electron chi connectivity index (χ2n) is 15.8. The fourth-order valence-electron chi connectivity index (χ4n) is 10.7. The zero-order valence-corrected chi connectivity index (χ0v) is 26.8. The molecular formula is C34H56O9. The van der Waals surface area contributed by atoms with Crippen LogP contribution in [0.15, 0.2) is 0 Å². The predicted molar refractivity (Wildman–Crippen MR) is 158 cm³/mol. The van der Waals surface area contributed by atoms with Gasteiger partial charge in [0.25, 0.3) is 0 Å². The molecule has 9 nitrogen and oxygen atoms in total. The summed E-state index contributed by atoms with van der Waals surface area (Å²) < 4.78 is 25.0. The van der Waals surface area contributed by atoms with Crippen LogP contribution in [0.4, 0.5) is 0 Å². The maximum atomic E-state index is 14.3. The summed E-state index contributed by atoms with van der Waals surface area (Å²) in [6.45, 7) is 11.4. The summed E-state index contributed by atoms with van der Waals surface area (Å²) in [4.78, 5) is 14.3. The van der Waals surface area contributed by atoms with Gasteiger partial charge in [0.05, 0.1) is 25.4 Å². The highest BCUT2D eigenvalue weighted by Gasteiger charge is 2.66. The molecule has 0 bridgehead atoms. The third-order valence-electron chi connectivity index (χ3n) is 13.5. The van der Waals surface area contributed by atoms with Crippen molar-refractivity contribution in [2.24, 2.45) is 46.3 Å². The van der Waals surface area contributed by atoms with E-state index in [0.29, 0.717) is 41.8 Å². The Bertz CT molecular complexity index is 1010. The van der Waals surface area contributed by atoms with Crippen LogP contribution in [0.1, 0.15) is 98.8 Å². The second kappa shape index (κ2) is 11.9. The molecule has 2 saturated heterocycles. The lowest BCUT2D eigenvalue weighted by molar-refractivity contribution is -0.316. The van der Waals surface area contributed by atoms with Gasteiger partial charge in [-0.1, -0.05) is 27.7 Å². The van der Waals surface area contributed by atoms with E-state index in [2.05, 4.69) is 34.6 Å². The van der Waals surface area contributed by atoms with E-state index in [9.17, 15) is 25.2 Å². The van der Waals surface area contributed by atoms with E-state index in [1.807, 2.05) is 0 Å². The summed E-state index contributed by atoms with van der Waals surface area (Å²) in [5.41, 5.74) is -0.323. The van der Waals surface area contributed by atoms with E-state index in [4.69, 9.17) is 18.9 Å². The highest BCUT2D eigenvalue weighted by molar-refractivity contribution is 5.87. The summed E-state index contributed by atoms with van der Waals surface area (Å²) in [7, 11) is 0. The number of fused-ring (bicyclic) bond motifs is 5. The molecule has 6 aliphatic rings. The van der Waals surface area contributed by atoms with Crippen molar-refractivity contribution in [1.82, 2.24) is 0 Å². The molecule has 0 aromatic rings. The molecule has 246 valence electrons. The maximum absolute atomic E-state index is 14.3. The largest absolute Gasteiger partial charge is 0.394 e. The number of aliphatic hydroxyl groups is 4. The number of ether oxygens (including phenoxy) is 4. The van der Waals surface area contributed by atoms with Crippen molar-refractivity contribution in [3.8, 4) is 0 Å². The molecule has 4 aliphatic carbocycles. The average molecular weight is 609 g/mol. The molecule has 0 aromatic carbocycles. The van der Waals surface area contributed by atoms with Gasteiger partial charge in [-0.3, -0.25) is 4.79 Å². The SMILES string of the molecule is CC[C@H]1[C@@H](O[C@@]2(C)CC[C@@H](C)CO2)C[C@H]2[C@@H]3CC[C@H]4C[C@@H](O[C@@H]5OC(CO)[C@H](O)[C@H](O)C5O)CC[C@]4(C)[C@H]3CC(=O)[C@@]21C. The van der Waals surface area contributed by atoms with E-state index < -0.39 is 43.1 Å². The summed E-state index contributed by atoms with van der Waals surface area (Å²) in [6.07, 6.45) is 2.77. The molecule has 4 saturated carbocycles. The fourth-order valence-corrected chi connectivity index (χ4v) is 10.7. The molecule has 2 heterocycles. The van der Waals surface area contributed by atoms with Crippen LogP contribution in [0.3, 0.4) is 0 Å². The van der Waals surface area contributed by atoms with E-state index in [1.54, 1.807) is 0 Å². The van der Waals surface area contributed by atoms with Gasteiger partial charge in [-0.15, -0.1) is 0 Å². The Morgan fingerprint density at radius 1 is 0.953 bits per heavy atom. The van der Waals surface area contributed by atoms with Crippen LogP contribution >= 0.6 is 0 Å². The van der Waals surface area contributed by atoms with Gasteiger partial charge in [0, 0.05) is 18.3 Å². The molecule has 4 N–H and O–H groups in total. The van der Waals surface area contributed by atoms with E-state index in [-0.39, 0.29) is 29.0 Å². The first kappa shape index (κ1) is 32.3. The fraction of sp³-hybridized carbons (Fsp3) is 0.971. The Kier molecular flexibility index (Phi) is 8.91. The number of aliphatic hydroxyl groups excluding tert-OH is 4. The first-order valence-corrected chi connectivity index (χ1v) is 17.2. The Morgan fingerprint density at radius 3 is 2.40 bits per heavy atom. The first-order valence-electron chi connectivity index (χ1n) is 17.2. The first-order chi connectivity index (χ1) is 20.3. The quantitative estimate of drug-likeness (QED) is 0.334. The highest BCUT2D eigenvalue weighted by atomic mass is 16.7. The number of carbonyl (C=O) groups is 1. The van der Waals surface area contributed by atoms with Crippen LogP contribution in [0.25, 0.3) is 0 Å². The van der Waals surface area contributed by atoms with Crippen molar-refractivity contribution in [1.29, 1.82) is 0 Å². The Morgan fingerprint density at radius 2 is 1.72 bits per heavy atom. The number of rotatable bonds is 6. The van der Waals surface area contributed by atoms with Gasteiger partial charge < -0.3 is 39.4 Å². The molecule has 2 unspecified atom stereocenters. The second-order valence-corrected chi connectivity index (χ2v) is 15.8. The molecule has 9 heteroatoms. The minimum atomic E-state index is -1.44. The summed E-state index contributed by atoms with van der Waals surface area (Å²) in [6, 6.07) is 0. The molecular weight excluding hydrogens is 552 g/mol. The lowest BCUT2D eigenvalue weighted by Crippen LogP contribution is -2.60. The maximum Gasteiger partial charge on any atom is 0.186 e. The van der Waals surface area contributed by atoms with Gasteiger partial charge in [0.1, 0.15) is 30.2 Å². The lowest BCUT2D eigenvalue weighted by Gasteiger charge is -2.60. The minimum absolute atomic E-state index is 0.0321. The number of ketones is 1. The van der Waals surface area contributed by atoms with Gasteiger partial charge in [0.2, 0.25) is 0 Å². The number of hydrogen-bond donors (Lipinski definition) is 4. The van der Waals surface area contributed by atoms with E-state index >= 15 is 0 Å². The molecule has 6 fully saturated rings. The minimum Gasteiger partial charge on any atom is -0.394 e. The number of hydrogen-bond acceptors (Lipinski definition) is 9. The van der Waals surface area contributed by atoms with E-state index in [0.717, 1.165) is 64.4 Å². The average Bonchev–Trinajstić information content (AvgIpc) is 3.27. The lowest BCUT2D eigenvalue weighted by atomic mass is 9.44. The smallest absolute Gasteiger partial charge is 0.186 e. The molecule has 0 amide bonds. The standard InChI is InChI=1S/C34H56O9/c1-6-22-25(43-33(4)12-9-18(2)17-40-33)14-24-21-8-7-19-13-20(41-31-30(39)29(38)28(37)26(16-35)42-31)10-11-32(19,3)23(21)15-27(36)34(22,24)5/h18-26,28-31,35,37-39H,6-17H2,1-5H3/t18-,19+,20+,21-,22+,23+,24+,25+,26?,28+,29+,30?,31-,32+,33+,34-/m1/s1. The topological polar surface area (TPSA) is 135 Å². The van der Waals surface area contributed by atoms with Crippen molar-refractivity contribution in [2.75, 3.05) is 13.2 Å². The Hall–Kier alpha value is -0.650. The van der Waals surface area contributed by atoms with Crippen molar-refractivity contribution in [3.63, 3.8) is 0 Å². The summed E-state index contributed by atoms with van der Waals surface area (Å²) in [5.74, 6) is 2.15. The van der Waals surface area contributed by atoms with Crippen molar-refractivity contribution in [2.45, 2.75) is 148 Å². The zero-order valence-electron chi connectivity index (χ0n) is 26.8. The molecule has 43 heavy (non-hydrogen) atoms. The van der Waals surface area contributed by atoms with Gasteiger partial charge in [-0.2, -0.15) is 0 Å². The van der Waals surface area contributed by atoms with Gasteiger partial charge in [-0.05, 0) is 99.2 Å². The summed E-state index contributed by atoms with van der Waals surface area (Å²) in [5, 5.41) is 40.5. The third-order valence-corrected chi connectivity index (χ3v) is 13.5. The normalized spacial score (nSPS) is 55.4. The van der Waals surface area contributed by atoms with Crippen LogP contribution in [0.5, 0.6) is 0 Å². The molecule has 6 rings (SSSR count). The van der Waals surface area contributed by atoms with Gasteiger partial charge >= 0.3 is 0 Å². The highest BCUT2D eigenvalue weighted by Crippen LogP contribution is 2.67. The van der Waals surface area contributed by atoms with E-state index in [1.165, 1.54) is 0 Å². The van der Waals surface area contributed by atoms with Crippen LogP contribution in [0, 0.1) is 46.3 Å². The van der Waals surface area contributed by atoms with Crippen LogP contribution in [-0.4, -0.2) is 88.1 Å². The predicted octanol–water partition coefficient (Wildman–Crippen LogP) is 3.58. The van der Waals surface area contributed by atoms with Crippen molar-refractivity contribution in [3.05, 3.63) is 0 Å². The zero-order chi connectivity index (χ0) is 30.9. The summed E-state index contributed by atoms with van der Waals surface area (Å²) >= 11 is 0. The van der Waals surface area contributed by atoms with Crippen molar-refractivity contribution < 1.29 is 44.2 Å². The molecule has 0 radical (unpaired) electrons. The molecule has 2 aliphatic heterocycles. The van der Waals surface area contributed by atoms with Crippen LogP contribution < -0.4 is 0 Å². The number of carbonyl (C=O) groups excluding carboxylic acids is 1. The number of Topliss-reactive ketones (excluding diaryl/α,β-unsaturated/α-hetero) is 1.